The van der Waals surface area contributed by atoms with Gasteiger partial charge in [0.15, 0.2) is 0 Å². The second-order valence-electron chi connectivity index (χ2n) is 6.23. The SMILES string of the molecule is O=C(CN1C(=O)C2CCCCC2C1=O)NCCCn1cccn1. The normalized spacial score (nSPS) is 23.9. The highest BCUT2D eigenvalue weighted by atomic mass is 16.2. The van der Waals surface area contributed by atoms with Gasteiger partial charge in [-0.25, -0.2) is 0 Å². The Balaban J connectivity index is 1.44. The number of fused-ring (bicyclic) bond motifs is 1. The largest absolute Gasteiger partial charge is 0.354 e. The molecule has 3 amide bonds. The zero-order valence-corrected chi connectivity index (χ0v) is 13.1. The highest BCUT2D eigenvalue weighted by molar-refractivity contribution is 6.07. The molecule has 23 heavy (non-hydrogen) atoms. The van der Waals surface area contributed by atoms with Gasteiger partial charge < -0.3 is 5.32 Å². The fourth-order valence-electron chi connectivity index (χ4n) is 3.49. The van der Waals surface area contributed by atoms with Crippen LogP contribution < -0.4 is 5.32 Å². The molecular weight excluding hydrogens is 296 g/mol. The topological polar surface area (TPSA) is 84.3 Å². The average Bonchev–Trinajstić information content (AvgIpc) is 3.15. The number of hydrogen-bond acceptors (Lipinski definition) is 4. The van der Waals surface area contributed by atoms with Crippen LogP contribution in [0.2, 0.25) is 0 Å². The van der Waals surface area contributed by atoms with E-state index < -0.39 is 0 Å². The van der Waals surface area contributed by atoms with Gasteiger partial charge in [0, 0.05) is 25.5 Å². The minimum Gasteiger partial charge on any atom is -0.354 e. The molecular formula is C16H22N4O3. The standard InChI is InChI=1S/C16H22N4O3/c21-14(17-7-3-9-19-10-4-8-18-19)11-20-15(22)12-5-1-2-6-13(12)16(20)23/h4,8,10,12-13H,1-3,5-7,9,11H2,(H,17,21). The summed E-state index contributed by atoms with van der Waals surface area (Å²) < 4.78 is 1.80. The summed E-state index contributed by atoms with van der Waals surface area (Å²) in [7, 11) is 0. The molecule has 1 aromatic heterocycles. The van der Waals surface area contributed by atoms with E-state index >= 15 is 0 Å². The average molecular weight is 318 g/mol. The molecule has 1 aliphatic heterocycles. The Labute approximate surface area is 135 Å². The molecule has 1 saturated carbocycles. The zero-order valence-electron chi connectivity index (χ0n) is 13.1. The van der Waals surface area contributed by atoms with Crippen LogP contribution in [0, 0.1) is 11.8 Å². The maximum Gasteiger partial charge on any atom is 0.240 e. The Morgan fingerprint density at radius 1 is 1.22 bits per heavy atom. The summed E-state index contributed by atoms with van der Waals surface area (Å²) in [5.41, 5.74) is 0. The van der Waals surface area contributed by atoms with E-state index in [0.717, 1.165) is 43.5 Å². The van der Waals surface area contributed by atoms with Crippen molar-refractivity contribution in [3.8, 4) is 0 Å². The first-order chi connectivity index (χ1) is 11.2. The number of amides is 3. The Morgan fingerprint density at radius 3 is 2.52 bits per heavy atom. The maximum absolute atomic E-state index is 12.3. The van der Waals surface area contributed by atoms with Crippen LogP contribution in [0.3, 0.4) is 0 Å². The fraction of sp³-hybridized carbons (Fsp3) is 0.625. The minimum atomic E-state index is -0.272. The van der Waals surface area contributed by atoms with Gasteiger partial charge in [0.05, 0.1) is 11.8 Å². The van der Waals surface area contributed by atoms with Crippen LogP contribution in [0.1, 0.15) is 32.1 Å². The van der Waals surface area contributed by atoms with E-state index in [1.807, 2.05) is 12.3 Å². The molecule has 124 valence electrons. The van der Waals surface area contributed by atoms with Gasteiger partial charge in [-0.1, -0.05) is 12.8 Å². The molecule has 2 atom stereocenters. The third-order valence-electron chi connectivity index (χ3n) is 4.68. The van der Waals surface area contributed by atoms with Gasteiger partial charge in [-0.2, -0.15) is 5.10 Å². The molecule has 7 nitrogen and oxygen atoms in total. The molecule has 2 fully saturated rings. The molecule has 0 bridgehead atoms. The summed E-state index contributed by atoms with van der Waals surface area (Å²) in [5, 5.41) is 6.85. The molecule has 1 N–H and O–H groups in total. The van der Waals surface area contributed by atoms with Crippen LogP contribution in [0.25, 0.3) is 0 Å². The van der Waals surface area contributed by atoms with Gasteiger partial charge in [-0.05, 0) is 25.3 Å². The summed E-state index contributed by atoms with van der Waals surface area (Å²) in [5.74, 6) is -0.976. The van der Waals surface area contributed by atoms with E-state index in [4.69, 9.17) is 0 Å². The highest BCUT2D eigenvalue weighted by Gasteiger charge is 2.48. The number of carbonyl (C=O) groups is 3. The quantitative estimate of drug-likeness (QED) is 0.614. The Morgan fingerprint density at radius 2 is 1.91 bits per heavy atom. The van der Waals surface area contributed by atoms with Gasteiger partial charge in [0.25, 0.3) is 0 Å². The second-order valence-corrected chi connectivity index (χ2v) is 6.23. The van der Waals surface area contributed by atoms with Crippen LogP contribution in [-0.2, 0) is 20.9 Å². The number of aromatic nitrogens is 2. The number of nitrogens with zero attached hydrogens (tertiary/aromatic N) is 3. The monoisotopic (exact) mass is 318 g/mol. The van der Waals surface area contributed by atoms with Gasteiger partial charge in [-0.3, -0.25) is 24.0 Å². The first-order valence-electron chi connectivity index (χ1n) is 8.26. The molecule has 2 heterocycles. The molecule has 0 aromatic carbocycles. The lowest BCUT2D eigenvalue weighted by Gasteiger charge is -2.19. The minimum absolute atomic E-state index is 0.146. The zero-order chi connectivity index (χ0) is 16.2. The predicted molar refractivity (Wildman–Crippen MR) is 82.0 cm³/mol. The van der Waals surface area contributed by atoms with Crippen LogP contribution in [-0.4, -0.2) is 45.5 Å². The summed E-state index contributed by atoms with van der Waals surface area (Å²) in [4.78, 5) is 37.7. The van der Waals surface area contributed by atoms with Crippen molar-refractivity contribution in [2.75, 3.05) is 13.1 Å². The highest BCUT2D eigenvalue weighted by Crippen LogP contribution is 2.37. The number of imide groups is 1. The Bertz CT molecular complexity index is 560. The molecule has 2 aliphatic rings. The van der Waals surface area contributed by atoms with Crippen LogP contribution in [0.5, 0.6) is 0 Å². The van der Waals surface area contributed by atoms with Gasteiger partial charge in [0.1, 0.15) is 6.54 Å². The molecule has 1 aromatic rings. The van der Waals surface area contributed by atoms with Crippen molar-refractivity contribution in [2.45, 2.75) is 38.6 Å². The number of aryl methyl sites for hydroxylation is 1. The van der Waals surface area contributed by atoms with Crippen molar-refractivity contribution in [3.05, 3.63) is 18.5 Å². The molecule has 1 aliphatic carbocycles. The smallest absolute Gasteiger partial charge is 0.240 e. The lowest BCUT2D eigenvalue weighted by atomic mass is 9.81. The molecule has 0 radical (unpaired) electrons. The van der Waals surface area contributed by atoms with Gasteiger partial charge in [0.2, 0.25) is 17.7 Å². The molecule has 3 rings (SSSR count). The Kier molecular flexibility index (Phi) is 4.73. The van der Waals surface area contributed by atoms with Crippen LogP contribution >= 0.6 is 0 Å². The molecule has 0 spiro atoms. The lowest BCUT2D eigenvalue weighted by Crippen LogP contribution is -2.41. The molecule has 1 saturated heterocycles. The summed E-state index contributed by atoms with van der Waals surface area (Å²) in [6, 6.07) is 1.85. The van der Waals surface area contributed by atoms with E-state index in [1.54, 1.807) is 10.9 Å². The van der Waals surface area contributed by atoms with Crippen molar-refractivity contribution >= 4 is 17.7 Å². The van der Waals surface area contributed by atoms with E-state index in [9.17, 15) is 14.4 Å². The summed E-state index contributed by atoms with van der Waals surface area (Å²) in [6.45, 7) is 1.08. The lowest BCUT2D eigenvalue weighted by molar-refractivity contribution is -0.143. The number of likely N-dealkylation sites (tertiary alicyclic amines) is 1. The van der Waals surface area contributed by atoms with Gasteiger partial charge in [-0.15, -0.1) is 0 Å². The summed E-state index contributed by atoms with van der Waals surface area (Å²) >= 11 is 0. The van der Waals surface area contributed by atoms with Crippen molar-refractivity contribution in [1.29, 1.82) is 0 Å². The second kappa shape index (κ2) is 6.93. The number of carbonyl (C=O) groups excluding carboxylic acids is 3. The van der Waals surface area contributed by atoms with E-state index in [-0.39, 0.29) is 36.1 Å². The van der Waals surface area contributed by atoms with E-state index in [2.05, 4.69) is 10.4 Å². The Hall–Kier alpha value is -2.18. The van der Waals surface area contributed by atoms with E-state index in [0.29, 0.717) is 6.54 Å². The van der Waals surface area contributed by atoms with Crippen molar-refractivity contribution in [2.24, 2.45) is 11.8 Å². The van der Waals surface area contributed by atoms with Crippen molar-refractivity contribution < 1.29 is 14.4 Å². The van der Waals surface area contributed by atoms with Gasteiger partial charge >= 0.3 is 0 Å². The first kappa shape index (κ1) is 15.7. The third-order valence-corrected chi connectivity index (χ3v) is 4.68. The molecule has 7 heteroatoms. The molecule has 2 unspecified atom stereocenters. The summed E-state index contributed by atoms with van der Waals surface area (Å²) in [6.07, 6.45) is 7.87. The fourth-order valence-corrected chi connectivity index (χ4v) is 3.49. The number of nitrogens with one attached hydrogen (secondary N) is 1. The third kappa shape index (κ3) is 3.43. The number of rotatable bonds is 6. The number of hydrogen-bond donors (Lipinski definition) is 1. The van der Waals surface area contributed by atoms with Crippen molar-refractivity contribution in [1.82, 2.24) is 20.0 Å². The van der Waals surface area contributed by atoms with Crippen LogP contribution in [0.4, 0.5) is 0 Å². The van der Waals surface area contributed by atoms with Crippen molar-refractivity contribution in [3.63, 3.8) is 0 Å². The first-order valence-corrected chi connectivity index (χ1v) is 8.26. The predicted octanol–water partition coefficient (Wildman–Crippen LogP) is 0.565. The van der Waals surface area contributed by atoms with Crippen LogP contribution in [0.15, 0.2) is 18.5 Å². The maximum atomic E-state index is 12.3. The van der Waals surface area contributed by atoms with E-state index in [1.165, 1.54) is 0 Å².